The Balaban J connectivity index is 1.58. The summed E-state index contributed by atoms with van der Waals surface area (Å²) in [6.07, 6.45) is 1.76. The summed E-state index contributed by atoms with van der Waals surface area (Å²) in [4.78, 5) is 16.1. The Morgan fingerprint density at radius 1 is 1.07 bits per heavy atom. The maximum Gasteiger partial charge on any atom is 0.286 e. The highest BCUT2D eigenvalue weighted by molar-refractivity contribution is 9.10. The Bertz CT molecular complexity index is 1110. The second-order valence-electron chi connectivity index (χ2n) is 6.02. The zero-order valence-electron chi connectivity index (χ0n) is 14.2. The fourth-order valence-corrected chi connectivity index (χ4v) is 3.87. The number of carbonyl (C=O) groups is 1. The fourth-order valence-electron chi connectivity index (χ4n) is 2.82. The lowest BCUT2D eigenvalue weighted by molar-refractivity contribution is -0.113. The van der Waals surface area contributed by atoms with Crippen LogP contribution >= 0.6 is 27.7 Å². The van der Waals surface area contributed by atoms with E-state index in [1.54, 1.807) is 6.08 Å². The minimum atomic E-state index is -0.321. The molecule has 0 unspecified atom stereocenters. The topological polar surface area (TPSA) is 64.7 Å². The lowest BCUT2D eigenvalue weighted by atomic mass is 10.1. The second-order valence-corrected chi connectivity index (χ2v) is 8.00. The molecule has 1 aliphatic rings. The van der Waals surface area contributed by atoms with E-state index in [0.717, 1.165) is 15.6 Å². The highest BCUT2D eigenvalue weighted by atomic mass is 79.9. The highest BCUT2D eigenvalue weighted by Crippen LogP contribution is 2.32. The third-order valence-electron chi connectivity index (χ3n) is 4.10. The number of aliphatic imine (C=N–C) groups is 1. The highest BCUT2D eigenvalue weighted by Gasteiger charge is 2.20. The average molecular weight is 439 g/mol. The van der Waals surface area contributed by atoms with Crippen molar-refractivity contribution in [2.75, 3.05) is 0 Å². The third-order valence-corrected chi connectivity index (χ3v) is 5.41. The zero-order chi connectivity index (χ0) is 18.8. The van der Waals surface area contributed by atoms with Gasteiger partial charge in [0, 0.05) is 10.0 Å². The molecule has 0 atom stereocenters. The number of ether oxygens (including phenoxy) is 1. The van der Waals surface area contributed by atoms with Crippen molar-refractivity contribution in [3.05, 3.63) is 81.2 Å². The molecule has 1 amide bonds. The van der Waals surface area contributed by atoms with E-state index in [1.807, 2.05) is 30.3 Å². The van der Waals surface area contributed by atoms with Gasteiger partial charge < -0.3 is 10.5 Å². The van der Waals surface area contributed by atoms with Crippen LogP contribution in [0.1, 0.15) is 11.1 Å². The smallest absolute Gasteiger partial charge is 0.286 e. The van der Waals surface area contributed by atoms with Crippen molar-refractivity contribution in [1.29, 1.82) is 0 Å². The van der Waals surface area contributed by atoms with Crippen LogP contribution in [0.15, 0.2) is 75.0 Å². The number of fused-ring (bicyclic) bond motifs is 1. The summed E-state index contributed by atoms with van der Waals surface area (Å²) in [5, 5.41) is 2.64. The number of rotatable bonds is 4. The molecule has 4 nitrogen and oxygen atoms in total. The molecule has 0 aliphatic carbocycles. The summed E-state index contributed by atoms with van der Waals surface area (Å²) >= 11 is 4.63. The van der Waals surface area contributed by atoms with Gasteiger partial charge in [0.1, 0.15) is 12.4 Å². The lowest BCUT2D eigenvalue weighted by Gasteiger charge is -2.11. The Morgan fingerprint density at radius 2 is 1.89 bits per heavy atom. The van der Waals surface area contributed by atoms with Gasteiger partial charge >= 0.3 is 0 Å². The molecule has 2 N–H and O–H groups in total. The van der Waals surface area contributed by atoms with Crippen molar-refractivity contribution in [3.8, 4) is 5.75 Å². The van der Waals surface area contributed by atoms with Crippen LogP contribution in [-0.4, -0.2) is 11.1 Å². The van der Waals surface area contributed by atoms with Crippen molar-refractivity contribution in [2.45, 2.75) is 6.61 Å². The molecule has 0 spiro atoms. The van der Waals surface area contributed by atoms with Crippen LogP contribution in [0, 0.1) is 0 Å². The van der Waals surface area contributed by atoms with Crippen molar-refractivity contribution in [3.63, 3.8) is 0 Å². The van der Waals surface area contributed by atoms with Gasteiger partial charge in [-0.05, 0) is 58.4 Å². The number of nitrogens with zero attached hydrogens (tertiary/aromatic N) is 1. The number of halogens is 1. The van der Waals surface area contributed by atoms with Gasteiger partial charge in [0.15, 0.2) is 5.17 Å². The van der Waals surface area contributed by atoms with Crippen LogP contribution in [-0.2, 0) is 11.4 Å². The van der Waals surface area contributed by atoms with Crippen molar-refractivity contribution >= 4 is 55.6 Å². The van der Waals surface area contributed by atoms with E-state index in [4.69, 9.17) is 10.5 Å². The number of thioether (sulfide) groups is 1. The molecular weight excluding hydrogens is 424 g/mol. The molecule has 3 aromatic carbocycles. The van der Waals surface area contributed by atoms with Crippen LogP contribution in [0.25, 0.3) is 16.8 Å². The standard InChI is InChI=1S/C21H15BrN2O2S/c22-17-7-8-18(16(10-17)11-19-20(25)24-21(23)27-19)26-12-13-5-6-14-3-1-2-4-15(14)9-13/h1-11H,12H2,(H2,23,24,25). The van der Waals surface area contributed by atoms with Gasteiger partial charge in [-0.25, -0.2) is 0 Å². The monoisotopic (exact) mass is 438 g/mol. The predicted octanol–water partition coefficient (Wildman–Crippen LogP) is 5.11. The van der Waals surface area contributed by atoms with E-state index in [2.05, 4.69) is 51.3 Å². The van der Waals surface area contributed by atoms with E-state index in [0.29, 0.717) is 17.3 Å². The quantitative estimate of drug-likeness (QED) is 0.574. The minimum Gasteiger partial charge on any atom is -0.488 e. The molecule has 3 aromatic rings. The molecule has 1 heterocycles. The van der Waals surface area contributed by atoms with Gasteiger partial charge in [-0.3, -0.25) is 4.79 Å². The number of amides is 1. The zero-order valence-corrected chi connectivity index (χ0v) is 16.6. The van der Waals surface area contributed by atoms with Crippen molar-refractivity contribution < 1.29 is 9.53 Å². The lowest BCUT2D eigenvalue weighted by Crippen LogP contribution is -2.01. The molecule has 4 rings (SSSR count). The van der Waals surface area contributed by atoms with E-state index in [9.17, 15) is 4.79 Å². The van der Waals surface area contributed by atoms with E-state index >= 15 is 0 Å². The number of benzene rings is 3. The predicted molar refractivity (Wildman–Crippen MR) is 115 cm³/mol. The van der Waals surface area contributed by atoms with Crippen LogP contribution in [0.3, 0.4) is 0 Å². The van der Waals surface area contributed by atoms with E-state index in [1.165, 1.54) is 22.5 Å². The second kappa shape index (κ2) is 7.58. The average Bonchev–Trinajstić information content (AvgIpc) is 2.98. The maximum atomic E-state index is 11.9. The molecule has 0 saturated carbocycles. The Kier molecular flexibility index (Phi) is 5.01. The normalized spacial score (nSPS) is 15.4. The summed E-state index contributed by atoms with van der Waals surface area (Å²) < 4.78 is 6.94. The molecule has 0 fully saturated rings. The van der Waals surface area contributed by atoms with Gasteiger partial charge in [-0.15, -0.1) is 0 Å². The Morgan fingerprint density at radius 3 is 2.67 bits per heavy atom. The van der Waals surface area contributed by atoms with E-state index in [-0.39, 0.29) is 11.1 Å². The number of hydrogen-bond donors (Lipinski definition) is 1. The number of amidine groups is 1. The van der Waals surface area contributed by atoms with Gasteiger partial charge in [-0.1, -0.05) is 52.3 Å². The first-order valence-corrected chi connectivity index (χ1v) is 9.87. The van der Waals surface area contributed by atoms with E-state index < -0.39 is 0 Å². The summed E-state index contributed by atoms with van der Waals surface area (Å²) in [7, 11) is 0. The van der Waals surface area contributed by atoms with Crippen LogP contribution < -0.4 is 10.5 Å². The van der Waals surface area contributed by atoms with Crippen molar-refractivity contribution in [2.24, 2.45) is 10.7 Å². The first-order valence-electron chi connectivity index (χ1n) is 8.26. The maximum absolute atomic E-state index is 11.9. The van der Waals surface area contributed by atoms with Crippen LogP contribution in [0.2, 0.25) is 0 Å². The van der Waals surface area contributed by atoms with Crippen LogP contribution in [0.4, 0.5) is 0 Å². The summed E-state index contributed by atoms with van der Waals surface area (Å²) in [5.74, 6) is 0.371. The van der Waals surface area contributed by atoms with Gasteiger partial charge in [0.05, 0.1) is 4.91 Å². The number of carbonyl (C=O) groups excluding carboxylic acids is 1. The van der Waals surface area contributed by atoms with Crippen LogP contribution in [0.5, 0.6) is 5.75 Å². The molecule has 0 aromatic heterocycles. The molecule has 0 radical (unpaired) electrons. The minimum absolute atomic E-state index is 0.264. The molecule has 0 saturated heterocycles. The molecule has 27 heavy (non-hydrogen) atoms. The van der Waals surface area contributed by atoms with Gasteiger partial charge in [0.25, 0.3) is 5.91 Å². The van der Waals surface area contributed by atoms with Gasteiger partial charge in [0.2, 0.25) is 0 Å². The summed E-state index contributed by atoms with van der Waals surface area (Å²) in [6.45, 7) is 0.433. The molecule has 134 valence electrons. The molecule has 0 bridgehead atoms. The summed E-state index contributed by atoms with van der Waals surface area (Å²) in [5.41, 5.74) is 7.50. The third kappa shape index (κ3) is 4.07. The first kappa shape index (κ1) is 17.8. The molecular formula is C21H15BrN2O2S. The first-order chi connectivity index (χ1) is 13.1. The SMILES string of the molecule is NC1=NC(=O)C(=Cc2cc(Br)ccc2OCc2ccc3ccccc3c2)S1. The number of hydrogen-bond acceptors (Lipinski definition) is 4. The summed E-state index contributed by atoms with van der Waals surface area (Å²) in [6, 6.07) is 20.2. The fraction of sp³-hybridized carbons (Fsp3) is 0.0476. The Labute approximate surface area is 169 Å². The largest absolute Gasteiger partial charge is 0.488 e. The molecule has 6 heteroatoms. The number of nitrogens with two attached hydrogens (primary N) is 1. The molecule has 1 aliphatic heterocycles. The Hall–Kier alpha value is -2.57. The van der Waals surface area contributed by atoms with Gasteiger partial charge in [-0.2, -0.15) is 4.99 Å². The van der Waals surface area contributed by atoms with Crippen molar-refractivity contribution in [1.82, 2.24) is 0 Å².